The van der Waals surface area contributed by atoms with Crippen LogP contribution in [0.1, 0.15) is 60.8 Å². The lowest BCUT2D eigenvalue weighted by Gasteiger charge is -2.40. The first-order valence-corrected chi connectivity index (χ1v) is 12.1. The van der Waals surface area contributed by atoms with Crippen molar-refractivity contribution < 1.29 is 18.0 Å². The Kier molecular flexibility index (Phi) is 6.14. The first kappa shape index (κ1) is 23.6. The zero-order valence-corrected chi connectivity index (χ0v) is 20.1. The van der Waals surface area contributed by atoms with Crippen LogP contribution in [0.2, 0.25) is 5.02 Å². The van der Waals surface area contributed by atoms with Crippen molar-refractivity contribution in [2.45, 2.75) is 57.0 Å². The number of hydrogen-bond acceptors (Lipinski definition) is 3. The summed E-state index contributed by atoms with van der Waals surface area (Å²) in [6.07, 6.45) is -3.47. The van der Waals surface area contributed by atoms with Crippen LogP contribution >= 0.6 is 22.9 Å². The summed E-state index contributed by atoms with van der Waals surface area (Å²) in [5.74, 6) is -0.105. The van der Waals surface area contributed by atoms with Crippen LogP contribution in [-0.4, -0.2) is 43.2 Å². The number of benzene rings is 1. The third kappa shape index (κ3) is 4.57. The van der Waals surface area contributed by atoms with Gasteiger partial charge in [-0.3, -0.25) is 4.79 Å². The van der Waals surface area contributed by atoms with Crippen LogP contribution in [0.15, 0.2) is 29.6 Å². The molecule has 1 aromatic heterocycles. The average Bonchev–Trinajstić information content (AvgIpc) is 3.28. The lowest BCUT2D eigenvalue weighted by molar-refractivity contribution is -0.138. The normalized spacial score (nSPS) is 18.9. The number of thiophene rings is 1. The van der Waals surface area contributed by atoms with Gasteiger partial charge in [-0.15, -0.1) is 11.3 Å². The first-order chi connectivity index (χ1) is 14.9. The van der Waals surface area contributed by atoms with Gasteiger partial charge in [0.05, 0.1) is 11.4 Å². The van der Waals surface area contributed by atoms with Crippen LogP contribution < -0.4 is 4.90 Å². The highest BCUT2D eigenvalue weighted by Crippen LogP contribution is 2.49. The Balaban J connectivity index is 1.64. The molecule has 0 N–H and O–H groups in total. The van der Waals surface area contributed by atoms with Gasteiger partial charge in [0.15, 0.2) is 0 Å². The summed E-state index contributed by atoms with van der Waals surface area (Å²) in [6, 6.07) is 8.05. The predicted molar refractivity (Wildman–Crippen MR) is 124 cm³/mol. The lowest BCUT2D eigenvalue weighted by atomic mass is 9.72. The molecule has 0 radical (unpaired) electrons. The fourth-order valence-electron chi connectivity index (χ4n) is 4.80. The number of amides is 1. The van der Waals surface area contributed by atoms with Crippen molar-refractivity contribution in [2.24, 2.45) is 0 Å². The molecule has 2 aromatic rings. The number of hydrogen-bond donors (Lipinski definition) is 0. The van der Waals surface area contributed by atoms with Crippen molar-refractivity contribution in [1.82, 2.24) is 4.90 Å². The minimum atomic E-state index is -4.14. The number of nitrogens with zero attached hydrogens (tertiary/aromatic N) is 2. The van der Waals surface area contributed by atoms with Gasteiger partial charge in [-0.05, 0) is 60.0 Å². The van der Waals surface area contributed by atoms with Crippen molar-refractivity contribution in [1.29, 1.82) is 0 Å². The number of likely N-dealkylation sites (tertiary alicyclic amines) is 1. The Labute approximate surface area is 196 Å². The summed E-state index contributed by atoms with van der Waals surface area (Å²) >= 11 is 7.59. The molecule has 1 saturated heterocycles. The van der Waals surface area contributed by atoms with Crippen LogP contribution in [-0.2, 0) is 10.8 Å². The maximum atomic E-state index is 13.4. The van der Waals surface area contributed by atoms with E-state index in [0.717, 1.165) is 24.1 Å². The molecule has 0 saturated carbocycles. The Bertz CT molecular complexity index is 1000. The highest BCUT2D eigenvalue weighted by Gasteiger charge is 2.47. The van der Waals surface area contributed by atoms with E-state index in [1.54, 1.807) is 6.07 Å². The topological polar surface area (TPSA) is 23.6 Å². The van der Waals surface area contributed by atoms with Crippen LogP contribution in [0.5, 0.6) is 0 Å². The number of rotatable bonds is 3. The maximum absolute atomic E-state index is 13.4. The number of carbonyl (C=O) groups excluding carboxylic acids is 1. The molecule has 1 spiro atoms. The summed E-state index contributed by atoms with van der Waals surface area (Å²) < 4.78 is 38.1. The predicted octanol–water partition coefficient (Wildman–Crippen LogP) is 6.65. The molecule has 0 aliphatic carbocycles. The van der Waals surface area contributed by atoms with Crippen LogP contribution in [0, 0.1) is 0 Å². The van der Waals surface area contributed by atoms with Gasteiger partial charge in [-0.1, -0.05) is 44.5 Å². The molecular weight excluding hydrogens is 457 g/mol. The second-order valence-corrected chi connectivity index (χ2v) is 11.3. The molecule has 174 valence electrons. The van der Waals surface area contributed by atoms with E-state index >= 15 is 0 Å². The first-order valence-electron chi connectivity index (χ1n) is 10.9. The van der Waals surface area contributed by atoms with E-state index in [-0.39, 0.29) is 23.3 Å². The Morgan fingerprint density at radius 1 is 1.16 bits per heavy atom. The molecule has 3 nitrogen and oxygen atoms in total. The smallest absolute Gasteiger partial charge is 0.306 e. The van der Waals surface area contributed by atoms with E-state index in [0.29, 0.717) is 29.5 Å². The average molecular weight is 485 g/mol. The zero-order valence-electron chi connectivity index (χ0n) is 18.6. The Morgan fingerprint density at radius 3 is 2.41 bits per heavy atom. The summed E-state index contributed by atoms with van der Waals surface area (Å²) in [5.41, 5.74) is 2.94. The van der Waals surface area contributed by atoms with Gasteiger partial charge in [0.25, 0.3) is 5.91 Å². The molecule has 0 unspecified atom stereocenters. The standard InChI is InChI=1S/C24H28ClF3N2OS/c1-22(2,3)16-4-5-19-17(14-16)23(7-10-29(11-8-23)12-9-24(26,27)28)15-30(19)21(31)20-18(25)6-13-32-20/h4-6,13-14H,7-12,15H2,1-3H3. The molecule has 0 bridgehead atoms. The molecule has 2 aliphatic heterocycles. The SMILES string of the molecule is CC(C)(C)c1ccc2c(c1)C1(CCN(CCC(F)(F)F)CC1)CN2C(=O)c1sccc1Cl. The third-order valence-corrected chi connectivity index (χ3v) is 8.10. The molecule has 8 heteroatoms. The van der Waals surface area contributed by atoms with Crippen molar-refractivity contribution in [2.75, 3.05) is 31.1 Å². The number of piperidine rings is 1. The maximum Gasteiger partial charge on any atom is 0.390 e. The van der Waals surface area contributed by atoms with Crippen molar-refractivity contribution in [3.8, 4) is 0 Å². The van der Waals surface area contributed by atoms with Crippen LogP contribution in [0.25, 0.3) is 0 Å². The molecule has 1 fully saturated rings. The largest absolute Gasteiger partial charge is 0.390 e. The van der Waals surface area contributed by atoms with Gasteiger partial charge >= 0.3 is 6.18 Å². The molecule has 3 heterocycles. The van der Waals surface area contributed by atoms with Crippen LogP contribution in [0.4, 0.5) is 18.9 Å². The second-order valence-electron chi connectivity index (χ2n) is 9.96. The van der Waals surface area contributed by atoms with Gasteiger partial charge in [-0.2, -0.15) is 13.2 Å². The monoisotopic (exact) mass is 484 g/mol. The van der Waals surface area contributed by atoms with Gasteiger partial charge in [0.1, 0.15) is 4.88 Å². The lowest BCUT2D eigenvalue weighted by Crippen LogP contribution is -2.46. The summed E-state index contributed by atoms with van der Waals surface area (Å²) in [6.45, 7) is 8.23. The molecule has 1 aromatic carbocycles. The summed E-state index contributed by atoms with van der Waals surface area (Å²) in [4.78, 5) is 17.6. The van der Waals surface area contributed by atoms with Gasteiger partial charge in [0, 0.05) is 24.2 Å². The number of anilines is 1. The molecule has 4 rings (SSSR count). The van der Waals surface area contributed by atoms with Gasteiger partial charge in [-0.25, -0.2) is 0 Å². The third-order valence-electron chi connectivity index (χ3n) is 6.77. The van der Waals surface area contributed by atoms with E-state index in [9.17, 15) is 18.0 Å². The molecule has 32 heavy (non-hydrogen) atoms. The number of carbonyl (C=O) groups is 1. The van der Waals surface area contributed by atoms with Gasteiger partial charge < -0.3 is 9.80 Å². The molecule has 2 aliphatic rings. The van der Waals surface area contributed by atoms with E-state index in [4.69, 9.17) is 11.6 Å². The van der Waals surface area contributed by atoms with E-state index in [1.807, 2.05) is 21.2 Å². The van der Waals surface area contributed by atoms with Gasteiger partial charge in [0.2, 0.25) is 0 Å². The number of halogens is 4. The summed E-state index contributed by atoms with van der Waals surface area (Å²) in [5, 5.41) is 2.26. The Hall–Kier alpha value is -1.57. The second kappa shape index (κ2) is 8.33. The van der Waals surface area contributed by atoms with Crippen molar-refractivity contribution in [3.63, 3.8) is 0 Å². The number of fused-ring (bicyclic) bond motifs is 2. The molecular formula is C24H28ClF3N2OS. The Morgan fingerprint density at radius 2 is 1.84 bits per heavy atom. The fourth-order valence-corrected chi connectivity index (χ4v) is 5.89. The minimum Gasteiger partial charge on any atom is -0.306 e. The zero-order chi connectivity index (χ0) is 23.3. The molecule has 1 amide bonds. The number of alkyl halides is 3. The molecule has 0 atom stereocenters. The van der Waals surface area contributed by atoms with E-state index < -0.39 is 12.6 Å². The van der Waals surface area contributed by atoms with Crippen molar-refractivity contribution in [3.05, 3.63) is 50.7 Å². The summed E-state index contributed by atoms with van der Waals surface area (Å²) in [7, 11) is 0. The van der Waals surface area contributed by atoms with E-state index in [1.165, 1.54) is 16.9 Å². The quantitative estimate of drug-likeness (QED) is 0.487. The fraction of sp³-hybridized carbons (Fsp3) is 0.542. The van der Waals surface area contributed by atoms with Crippen molar-refractivity contribution >= 4 is 34.5 Å². The van der Waals surface area contributed by atoms with Crippen LogP contribution in [0.3, 0.4) is 0 Å². The highest BCUT2D eigenvalue weighted by atomic mass is 35.5. The highest BCUT2D eigenvalue weighted by molar-refractivity contribution is 7.12. The van der Waals surface area contributed by atoms with E-state index in [2.05, 4.69) is 32.9 Å². The minimum absolute atomic E-state index is 0.0297.